The first-order chi connectivity index (χ1) is 6.61. The van der Waals surface area contributed by atoms with Crippen LogP contribution in [0.4, 0.5) is 4.39 Å². The molecule has 74 valence electrons. The number of hydrogen-bond acceptors (Lipinski definition) is 3. The first kappa shape index (κ1) is 8.96. The lowest BCUT2D eigenvalue weighted by atomic mass is 10.0. The van der Waals surface area contributed by atoms with E-state index in [9.17, 15) is 9.18 Å². The molecule has 0 aliphatic carbocycles. The van der Waals surface area contributed by atoms with Gasteiger partial charge in [0.2, 0.25) is 0 Å². The van der Waals surface area contributed by atoms with Gasteiger partial charge >= 0.3 is 5.97 Å². The summed E-state index contributed by atoms with van der Waals surface area (Å²) in [5.41, 5.74) is 5.67. The monoisotopic (exact) mass is 197 g/mol. The highest BCUT2D eigenvalue weighted by molar-refractivity contribution is 5.91. The van der Waals surface area contributed by atoms with Crippen LogP contribution in [0.5, 0.6) is 5.75 Å². The van der Waals surface area contributed by atoms with Gasteiger partial charge < -0.3 is 15.6 Å². The van der Waals surface area contributed by atoms with Crippen LogP contribution in [0.15, 0.2) is 12.1 Å². The van der Waals surface area contributed by atoms with Crippen molar-refractivity contribution in [1.29, 1.82) is 0 Å². The number of carbonyl (C=O) groups is 1. The number of aromatic carboxylic acids is 1. The van der Waals surface area contributed by atoms with E-state index in [1.807, 2.05) is 0 Å². The van der Waals surface area contributed by atoms with Crippen molar-refractivity contribution in [2.45, 2.75) is 6.04 Å². The van der Waals surface area contributed by atoms with Crippen LogP contribution in [0.25, 0.3) is 0 Å². The summed E-state index contributed by atoms with van der Waals surface area (Å²) in [7, 11) is 0. The Kier molecular flexibility index (Phi) is 1.89. The van der Waals surface area contributed by atoms with Crippen molar-refractivity contribution in [3.63, 3.8) is 0 Å². The predicted octanol–water partition coefficient (Wildman–Crippen LogP) is 0.916. The van der Waals surface area contributed by atoms with Crippen molar-refractivity contribution >= 4 is 5.97 Å². The van der Waals surface area contributed by atoms with Crippen LogP contribution in [-0.4, -0.2) is 17.7 Å². The number of carboxylic acids is 1. The van der Waals surface area contributed by atoms with Gasteiger partial charge in [-0.05, 0) is 12.1 Å². The molecule has 0 radical (unpaired) electrons. The van der Waals surface area contributed by atoms with Crippen molar-refractivity contribution < 1.29 is 19.0 Å². The first-order valence-electron chi connectivity index (χ1n) is 4.05. The number of hydrogen-bond donors (Lipinski definition) is 2. The van der Waals surface area contributed by atoms with Crippen molar-refractivity contribution in [3.05, 3.63) is 29.1 Å². The maximum absolute atomic E-state index is 13.2. The van der Waals surface area contributed by atoms with E-state index in [1.165, 1.54) is 6.07 Å². The summed E-state index contributed by atoms with van der Waals surface area (Å²) in [6, 6.07) is 1.69. The molecule has 1 aliphatic heterocycles. The van der Waals surface area contributed by atoms with E-state index in [-0.39, 0.29) is 23.5 Å². The highest BCUT2D eigenvalue weighted by Gasteiger charge is 2.29. The number of carboxylic acid groups (broad SMARTS) is 1. The van der Waals surface area contributed by atoms with Crippen LogP contribution >= 0.6 is 0 Å². The van der Waals surface area contributed by atoms with E-state index in [2.05, 4.69) is 0 Å². The molecule has 0 unspecified atom stereocenters. The number of nitrogens with two attached hydrogens (primary N) is 1. The maximum Gasteiger partial charge on any atom is 0.339 e. The molecule has 0 amide bonds. The summed E-state index contributed by atoms with van der Waals surface area (Å²) in [6.45, 7) is 0.122. The minimum absolute atomic E-state index is 0.0469. The number of rotatable bonds is 1. The highest BCUT2D eigenvalue weighted by Crippen LogP contribution is 2.36. The zero-order valence-electron chi connectivity index (χ0n) is 7.16. The van der Waals surface area contributed by atoms with Crippen molar-refractivity contribution in [2.24, 2.45) is 5.73 Å². The maximum atomic E-state index is 13.2. The Labute approximate surface area is 79.1 Å². The molecule has 14 heavy (non-hydrogen) atoms. The number of benzene rings is 1. The van der Waals surface area contributed by atoms with Crippen LogP contribution < -0.4 is 10.5 Å². The summed E-state index contributed by atoms with van der Waals surface area (Å²) in [5, 5.41) is 8.78. The van der Waals surface area contributed by atoms with Gasteiger partial charge in [-0.3, -0.25) is 0 Å². The van der Waals surface area contributed by atoms with Crippen molar-refractivity contribution in [1.82, 2.24) is 0 Å². The van der Waals surface area contributed by atoms with Gasteiger partial charge in [-0.15, -0.1) is 0 Å². The summed E-state index contributed by atoms with van der Waals surface area (Å²) < 4.78 is 18.3. The van der Waals surface area contributed by atoms with Crippen LogP contribution in [0.1, 0.15) is 22.0 Å². The van der Waals surface area contributed by atoms with Gasteiger partial charge in [0, 0.05) is 0 Å². The first-order valence-corrected chi connectivity index (χ1v) is 4.05. The van der Waals surface area contributed by atoms with E-state index in [0.29, 0.717) is 0 Å². The van der Waals surface area contributed by atoms with Crippen molar-refractivity contribution in [2.75, 3.05) is 6.61 Å². The molecule has 0 aromatic heterocycles. The van der Waals surface area contributed by atoms with Gasteiger partial charge in [-0.25, -0.2) is 9.18 Å². The fourth-order valence-electron chi connectivity index (χ4n) is 1.50. The van der Waals surface area contributed by atoms with E-state index in [0.717, 1.165) is 6.07 Å². The Bertz CT molecular complexity index is 405. The molecule has 1 aromatic carbocycles. The fourth-order valence-corrected chi connectivity index (χ4v) is 1.50. The van der Waals surface area contributed by atoms with Crippen LogP contribution in [0.3, 0.4) is 0 Å². The van der Waals surface area contributed by atoms with Crippen LogP contribution in [0.2, 0.25) is 0 Å². The topological polar surface area (TPSA) is 72.5 Å². The molecule has 0 bridgehead atoms. The SMILES string of the molecule is N[C@H]1COc2c(C(=O)O)ccc(F)c21. The molecule has 5 heteroatoms. The average molecular weight is 197 g/mol. The Morgan fingerprint density at radius 3 is 3.00 bits per heavy atom. The molecule has 1 heterocycles. The van der Waals surface area contributed by atoms with E-state index in [4.69, 9.17) is 15.6 Å². The normalized spacial score (nSPS) is 18.9. The molecule has 3 N–H and O–H groups in total. The molecular weight excluding hydrogens is 189 g/mol. The van der Waals surface area contributed by atoms with Gasteiger partial charge in [0.15, 0.2) is 0 Å². The standard InChI is InChI=1S/C9H8FNO3/c10-5-2-1-4(9(12)13)8-7(5)6(11)3-14-8/h1-2,6H,3,11H2,(H,12,13)/t6-/m0/s1. The van der Waals surface area contributed by atoms with Gasteiger partial charge in [-0.1, -0.05) is 0 Å². The quantitative estimate of drug-likeness (QED) is 0.702. The molecule has 1 aromatic rings. The Morgan fingerprint density at radius 1 is 1.64 bits per heavy atom. The van der Waals surface area contributed by atoms with E-state index >= 15 is 0 Å². The lowest BCUT2D eigenvalue weighted by Gasteiger charge is -2.04. The van der Waals surface area contributed by atoms with E-state index in [1.54, 1.807) is 0 Å². The van der Waals surface area contributed by atoms with Crippen molar-refractivity contribution in [3.8, 4) is 5.75 Å². The Morgan fingerprint density at radius 2 is 2.36 bits per heavy atom. The summed E-state index contributed by atoms with van der Waals surface area (Å²) in [6.07, 6.45) is 0. The third-order valence-corrected chi connectivity index (χ3v) is 2.15. The number of fused-ring (bicyclic) bond motifs is 1. The van der Waals surface area contributed by atoms with Gasteiger partial charge in [-0.2, -0.15) is 0 Å². The lowest BCUT2D eigenvalue weighted by molar-refractivity contribution is 0.0693. The number of ether oxygens (including phenoxy) is 1. The average Bonchev–Trinajstić information content (AvgIpc) is 2.49. The molecule has 2 rings (SSSR count). The molecule has 0 saturated heterocycles. The minimum atomic E-state index is -1.14. The molecular formula is C9H8FNO3. The van der Waals surface area contributed by atoms with Crippen LogP contribution in [-0.2, 0) is 0 Å². The zero-order chi connectivity index (χ0) is 10.3. The smallest absolute Gasteiger partial charge is 0.339 e. The zero-order valence-corrected chi connectivity index (χ0v) is 7.16. The lowest BCUT2D eigenvalue weighted by Crippen LogP contribution is -2.12. The predicted molar refractivity (Wildman–Crippen MR) is 45.8 cm³/mol. The third-order valence-electron chi connectivity index (χ3n) is 2.15. The second-order valence-electron chi connectivity index (χ2n) is 3.06. The summed E-state index contributed by atoms with van der Waals surface area (Å²) >= 11 is 0. The molecule has 0 saturated carbocycles. The largest absolute Gasteiger partial charge is 0.490 e. The molecule has 0 fully saturated rings. The Balaban J connectivity index is 2.64. The van der Waals surface area contributed by atoms with Crippen LogP contribution in [0, 0.1) is 5.82 Å². The molecule has 1 atom stereocenters. The van der Waals surface area contributed by atoms with Gasteiger partial charge in [0.1, 0.15) is 23.7 Å². The third kappa shape index (κ3) is 1.13. The fraction of sp³-hybridized carbons (Fsp3) is 0.222. The molecule has 0 spiro atoms. The minimum Gasteiger partial charge on any atom is -0.490 e. The second kappa shape index (κ2) is 2.95. The molecule has 1 aliphatic rings. The van der Waals surface area contributed by atoms with Gasteiger partial charge in [0.25, 0.3) is 0 Å². The summed E-state index contributed by atoms with van der Waals surface area (Å²) in [4.78, 5) is 10.7. The van der Waals surface area contributed by atoms with Gasteiger partial charge in [0.05, 0.1) is 11.6 Å². The van der Waals surface area contributed by atoms with E-state index < -0.39 is 17.8 Å². The summed E-state index contributed by atoms with van der Waals surface area (Å²) in [5.74, 6) is -1.60. The number of halogens is 1. The highest BCUT2D eigenvalue weighted by atomic mass is 19.1. The second-order valence-corrected chi connectivity index (χ2v) is 3.06. The Hall–Kier alpha value is -1.62. The molecule has 4 nitrogen and oxygen atoms in total.